The smallest absolute Gasteiger partial charge is 0.229 e. The second-order valence-corrected chi connectivity index (χ2v) is 6.65. The molecule has 1 saturated heterocycles. The number of hydrogen-bond acceptors (Lipinski definition) is 7. The zero-order chi connectivity index (χ0) is 17.5. The summed E-state index contributed by atoms with van der Waals surface area (Å²) in [6.07, 6.45) is 4.49. The Morgan fingerprint density at radius 1 is 1.27 bits per heavy atom. The molecule has 0 aliphatic carbocycles. The molecule has 1 aliphatic heterocycles. The van der Waals surface area contributed by atoms with Crippen molar-refractivity contribution >= 4 is 39.5 Å². The minimum Gasteiger partial charge on any atom is -0.459 e. The van der Waals surface area contributed by atoms with E-state index in [2.05, 4.69) is 25.4 Å². The predicted molar refractivity (Wildman–Crippen MR) is 101 cm³/mol. The van der Waals surface area contributed by atoms with E-state index in [0.29, 0.717) is 11.9 Å². The first-order valence-electron chi connectivity index (χ1n) is 8.70. The summed E-state index contributed by atoms with van der Waals surface area (Å²) in [5.41, 5.74) is 9.05. The van der Waals surface area contributed by atoms with Gasteiger partial charge in [0.2, 0.25) is 5.95 Å². The number of nitrogens with zero attached hydrogens (tertiary/aromatic N) is 4. The Bertz CT molecular complexity index is 1060. The normalized spacial score (nSPS) is 14.9. The second kappa shape index (κ2) is 5.99. The van der Waals surface area contributed by atoms with Crippen molar-refractivity contribution in [2.45, 2.75) is 6.42 Å². The standard InChI is InChI=1S/C18H19N7O/c19-5-3-11-9-25(10-11)17-16-14(4-6-26-16)22-18(23-17)21-13-2-1-12-8-20-24-15(12)7-13/h1-2,4,6-8,11H,3,5,9-10,19H2,(H,20,24)(H,21,22,23). The number of rotatable bonds is 5. The van der Waals surface area contributed by atoms with Gasteiger partial charge >= 0.3 is 0 Å². The maximum Gasteiger partial charge on any atom is 0.229 e. The maximum absolute atomic E-state index is 5.66. The Kier molecular flexibility index (Phi) is 3.49. The molecule has 0 amide bonds. The number of aromatic amines is 1. The lowest BCUT2D eigenvalue weighted by molar-refractivity contribution is 0.386. The summed E-state index contributed by atoms with van der Waals surface area (Å²) in [4.78, 5) is 11.5. The molecule has 0 bridgehead atoms. The Hall–Kier alpha value is -3.13. The van der Waals surface area contributed by atoms with Gasteiger partial charge in [-0.2, -0.15) is 10.1 Å². The highest BCUT2D eigenvalue weighted by Gasteiger charge is 2.29. The van der Waals surface area contributed by atoms with Gasteiger partial charge < -0.3 is 20.4 Å². The van der Waals surface area contributed by atoms with Gasteiger partial charge in [0.05, 0.1) is 18.0 Å². The quantitative estimate of drug-likeness (QED) is 0.508. The molecule has 0 radical (unpaired) electrons. The summed E-state index contributed by atoms with van der Waals surface area (Å²) in [7, 11) is 0. The molecule has 4 heterocycles. The van der Waals surface area contributed by atoms with Crippen LogP contribution in [0.2, 0.25) is 0 Å². The topological polar surface area (TPSA) is 109 Å². The molecule has 0 unspecified atom stereocenters. The van der Waals surface area contributed by atoms with Gasteiger partial charge in [0.1, 0.15) is 5.52 Å². The average Bonchev–Trinajstić information content (AvgIpc) is 3.25. The van der Waals surface area contributed by atoms with Gasteiger partial charge in [-0.3, -0.25) is 5.10 Å². The Morgan fingerprint density at radius 2 is 2.19 bits per heavy atom. The number of nitrogens with two attached hydrogens (primary N) is 1. The molecular weight excluding hydrogens is 330 g/mol. The number of furan rings is 1. The third-order valence-corrected chi connectivity index (χ3v) is 4.82. The van der Waals surface area contributed by atoms with Crippen LogP contribution in [0.15, 0.2) is 41.1 Å². The number of nitrogens with one attached hydrogen (secondary N) is 2. The van der Waals surface area contributed by atoms with Gasteiger partial charge in [-0.05, 0) is 37.1 Å². The number of aromatic nitrogens is 4. The van der Waals surface area contributed by atoms with Crippen LogP contribution in [0, 0.1) is 5.92 Å². The van der Waals surface area contributed by atoms with Gasteiger partial charge in [0.15, 0.2) is 11.4 Å². The van der Waals surface area contributed by atoms with Gasteiger partial charge in [-0.1, -0.05) is 0 Å². The molecule has 1 aromatic carbocycles. The summed E-state index contributed by atoms with van der Waals surface area (Å²) >= 11 is 0. The monoisotopic (exact) mass is 349 g/mol. The van der Waals surface area contributed by atoms with E-state index in [1.807, 2.05) is 24.3 Å². The van der Waals surface area contributed by atoms with Crippen LogP contribution in [-0.4, -0.2) is 39.8 Å². The molecule has 0 spiro atoms. The lowest BCUT2D eigenvalue weighted by atomic mass is 9.96. The molecule has 0 saturated carbocycles. The van der Waals surface area contributed by atoms with Gasteiger partial charge in [0.25, 0.3) is 0 Å². The minimum atomic E-state index is 0.551. The van der Waals surface area contributed by atoms with Crippen molar-refractivity contribution in [3.8, 4) is 0 Å². The molecule has 4 N–H and O–H groups in total. The van der Waals surface area contributed by atoms with Crippen LogP contribution in [-0.2, 0) is 0 Å². The molecule has 3 aromatic heterocycles. The fourth-order valence-electron chi connectivity index (χ4n) is 3.42. The number of hydrogen-bond donors (Lipinski definition) is 3. The van der Waals surface area contributed by atoms with Crippen molar-refractivity contribution in [1.29, 1.82) is 0 Å². The van der Waals surface area contributed by atoms with E-state index in [1.54, 1.807) is 12.5 Å². The number of benzene rings is 1. The number of H-pyrrole nitrogens is 1. The van der Waals surface area contributed by atoms with Gasteiger partial charge in [-0.15, -0.1) is 0 Å². The van der Waals surface area contributed by atoms with E-state index in [1.165, 1.54) is 0 Å². The van der Waals surface area contributed by atoms with Crippen molar-refractivity contribution in [3.63, 3.8) is 0 Å². The molecule has 1 aliphatic rings. The molecule has 26 heavy (non-hydrogen) atoms. The fraction of sp³-hybridized carbons (Fsp3) is 0.278. The van der Waals surface area contributed by atoms with Crippen LogP contribution in [0.3, 0.4) is 0 Å². The lowest BCUT2D eigenvalue weighted by Gasteiger charge is -2.40. The first kappa shape index (κ1) is 15.2. The van der Waals surface area contributed by atoms with Crippen LogP contribution in [0.5, 0.6) is 0 Å². The first-order chi connectivity index (χ1) is 12.8. The van der Waals surface area contributed by atoms with E-state index in [0.717, 1.165) is 59.6 Å². The van der Waals surface area contributed by atoms with Crippen molar-refractivity contribution in [3.05, 3.63) is 36.7 Å². The molecule has 8 heteroatoms. The third kappa shape index (κ3) is 2.55. The van der Waals surface area contributed by atoms with E-state index in [9.17, 15) is 0 Å². The minimum absolute atomic E-state index is 0.551. The molecule has 1 fully saturated rings. The van der Waals surface area contributed by atoms with Crippen LogP contribution < -0.4 is 16.0 Å². The second-order valence-electron chi connectivity index (χ2n) is 6.65. The van der Waals surface area contributed by atoms with Crippen molar-refractivity contribution in [2.24, 2.45) is 11.7 Å². The van der Waals surface area contributed by atoms with E-state index in [-0.39, 0.29) is 0 Å². The molecule has 132 valence electrons. The molecule has 5 rings (SSSR count). The van der Waals surface area contributed by atoms with E-state index in [4.69, 9.17) is 15.1 Å². The molecular formula is C18H19N7O. The van der Waals surface area contributed by atoms with Gasteiger partial charge in [0, 0.05) is 30.2 Å². The summed E-state index contributed by atoms with van der Waals surface area (Å²) < 4.78 is 5.62. The number of fused-ring (bicyclic) bond motifs is 2. The van der Waals surface area contributed by atoms with E-state index >= 15 is 0 Å². The van der Waals surface area contributed by atoms with Crippen molar-refractivity contribution < 1.29 is 4.42 Å². The molecule has 8 nitrogen and oxygen atoms in total. The van der Waals surface area contributed by atoms with Crippen LogP contribution in [0.1, 0.15) is 6.42 Å². The summed E-state index contributed by atoms with van der Waals surface area (Å²) in [5, 5.41) is 11.4. The Morgan fingerprint density at radius 3 is 3.08 bits per heavy atom. The van der Waals surface area contributed by atoms with Crippen LogP contribution in [0.25, 0.3) is 22.0 Å². The Labute approximate surface area is 149 Å². The van der Waals surface area contributed by atoms with Crippen LogP contribution >= 0.6 is 0 Å². The highest BCUT2D eigenvalue weighted by molar-refractivity contribution is 5.87. The zero-order valence-corrected chi connectivity index (χ0v) is 14.1. The zero-order valence-electron chi connectivity index (χ0n) is 14.1. The van der Waals surface area contributed by atoms with Gasteiger partial charge in [-0.25, -0.2) is 4.98 Å². The summed E-state index contributed by atoms with van der Waals surface area (Å²) in [6, 6.07) is 7.85. The van der Waals surface area contributed by atoms with Crippen molar-refractivity contribution in [1.82, 2.24) is 20.2 Å². The third-order valence-electron chi connectivity index (χ3n) is 4.82. The highest BCUT2D eigenvalue weighted by Crippen LogP contribution is 2.32. The first-order valence-corrected chi connectivity index (χ1v) is 8.70. The molecule has 0 atom stereocenters. The maximum atomic E-state index is 5.66. The fourth-order valence-corrected chi connectivity index (χ4v) is 3.42. The van der Waals surface area contributed by atoms with Crippen LogP contribution in [0.4, 0.5) is 17.5 Å². The SMILES string of the molecule is NCCC1CN(c2nc(Nc3ccc4cn[nH]c4c3)nc3ccoc23)C1. The number of anilines is 3. The summed E-state index contributed by atoms with van der Waals surface area (Å²) in [6.45, 7) is 2.62. The Balaban J connectivity index is 1.46. The molecule has 4 aromatic rings. The predicted octanol–water partition coefficient (Wildman–Crippen LogP) is 2.63. The largest absolute Gasteiger partial charge is 0.459 e. The lowest BCUT2D eigenvalue weighted by Crippen LogP contribution is -2.48. The van der Waals surface area contributed by atoms with E-state index < -0.39 is 0 Å². The highest BCUT2D eigenvalue weighted by atomic mass is 16.3. The average molecular weight is 349 g/mol. The summed E-state index contributed by atoms with van der Waals surface area (Å²) in [5.74, 6) is 2.01. The van der Waals surface area contributed by atoms with Crippen molar-refractivity contribution in [2.75, 3.05) is 29.9 Å².